The molecule has 1 saturated heterocycles. The Morgan fingerprint density at radius 3 is 2.79 bits per heavy atom. The van der Waals surface area contributed by atoms with Crippen molar-refractivity contribution in [3.05, 3.63) is 48.3 Å². The van der Waals surface area contributed by atoms with Crippen LogP contribution in [0.2, 0.25) is 0 Å². The van der Waals surface area contributed by atoms with Crippen LogP contribution in [0.3, 0.4) is 0 Å². The van der Waals surface area contributed by atoms with Crippen LogP contribution in [0.1, 0.15) is 18.5 Å². The minimum absolute atomic E-state index is 0.120. The highest BCUT2D eigenvalue weighted by molar-refractivity contribution is 7.89. The fourth-order valence-electron chi connectivity index (χ4n) is 3.54. The molecule has 3 aromatic rings. The third kappa shape index (κ3) is 3.38. The van der Waals surface area contributed by atoms with E-state index in [-0.39, 0.29) is 10.8 Å². The van der Waals surface area contributed by atoms with Crippen LogP contribution in [0.15, 0.2) is 47.5 Å². The first kappa shape index (κ1) is 18.6. The minimum atomic E-state index is -3.84. The summed E-state index contributed by atoms with van der Waals surface area (Å²) in [5, 5.41) is 5.00. The Bertz CT molecular complexity index is 1160. The zero-order valence-electron chi connectivity index (χ0n) is 15.7. The lowest BCUT2D eigenvalue weighted by Crippen LogP contribution is -2.52. The highest BCUT2D eigenvalue weighted by Crippen LogP contribution is 2.23. The van der Waals surface area contributed by atoms with Crippen molar-refractivity contribution in [3.63, 3.8) is 0 Å². The molecule has 0 radical (unpaired) electrons. The Balaban J connectivity index is 1.59. The van der Waals surface area contributed by atoms with Gasteiger partial charge in [0.15, 0.2) is 0 Å². The molecule has 28 heavy (non-hydrogen) atoms. The van der Waals surface area contributed by atoms with Gasteiger partial charge >= 0.3 is 0 Å². The Labute approximate surface area is 163 Å². The fourth-order valence-corrected chi connectivity index (χ4v) is 4.80. The monoisotopic (exact) mass is 399 g/mol. The third-order valence-corrected chi connectivity index (χ3v) is 6.34. The van der Waals surface area contributed by atoms with Crippen molar-refractivity contribution in [1.29, 1.82) is 0 Å². The number of hydrogen-bond donors (Lipinski definition) is 1. The number of aromatic nitrogens is 3. The molecule has 9 heteroatoms. The SMILES string of the molecule is Cc1cc(N2CCCC(NS(=O)(=O)c3ccc4ncccc4c3)C2=O)n(C)n1. The summed E-state index contributed by atoms with van der Waals surface area (Å²) in [6.45, 7) is 2.39. The van der Waals surface area contributed by atoms with Crippen LogP contribution in [0.4, 0.5) is 5.82 Å². The highest BCUT2D eigenvalue weighted by atomic mass is 32.2. The smallest absolute Gasteiger partial charge is 0.246 e. The van der Waals surface area contributed by atoms with E-state index < -0.39 is 16.1 Å². The number of sulfonamides is 1. The third-order valence-electron chi connectivity index (χ3n) is 4.87. The second kappa shape index (κ2) is 6.99. The summed E-state index contributed by atoms with van der Waals surface area (Å²) in [6, 6.07) is 9.32. The van der Waals surface area contributed by atoms with E-state index in [0.29, 0.717) is 30.7 Å². The molecular formula is C19H21N5O3S. The van der Waals surface area contributed by atoms with Crippen LogP contribution < -0.4 is 9.62 Å². The first-order valence-corrected chi connectivity index (χ1v) is 10.5. The number of hydrogen-bond acceptors (Lipinski definition) is 5. The van der Waals surface area contributed by atoms with E-state index in [1.807, 2.05) is 13.0 Å². The summed E-state index contributed by atoms with van der Waals surface area (Å²) in [5.74, 6) is 0.406. The van der Waals surface area contributed by atoms with Gasteiger partial charge in [-0.05, 0) is 44.0 Å². The lowest BCUT2D eigenvalue weighted by Gasteiger charge is -2.32. The summed E-state index contributed by atoms with van der Waals surface area (Å²) in [4.78, 5) is 18.9. The van der Waals surface area contributed by atoms with Gasteiger partial charge in [-0.15, -0.1) is 0 Å². The van der Waals surface area contributed by atoms with E-state index in [1.165, 1.54) is 6.07 Å². The van der Waals surface area contributed by atoms with E-state index in [9.17, 15) is 13.2 Å². The molecule has 4 rings (SSSR count). The van der Waals surface area contributed by atoms with E-state index in [4.69, 9.17) is 0 Å². The molecule has 0 spiro atoms. The second-order valence-corrected chi connectivity index (χ2v) is 8.65. The number of nitrogens with zero attached hydrogens (tertiary/aromatic N) is 4. The molecule has 1 unspecified atom stereocenters. The zero-order chi connectivity index (χ0) is 19.9. The molecule has 0 saturated carbocycles. The second-order valence-electron chi connectivity index (χ2n) is 6.93. The Morgan fingerprint density at radius 1 is 1.21 bits per heavy atom. The van der Waals surface area contributed by atoms with Gasteiger partial charge < -0.3 is 0 Å². The van der Waals surface area contributed by atoms with Gasteiger partial charge in [-0.3, -0.25) is 19.4 Å². The molecule has 3 heterocycles. The summed E-state index contributed by atoms with van der Waals surface area (Å²) in [5.41, 5.74) is 1.52. The van der Waals surface area contributed by atoms with Gasteiger partial charge in [0, 0.05) is 31.2 Å². The number of aryl methyl sites for hydroxylation is 2. The molecule has 1 amide bonds. The number of anilines is 1. The molecule has 1 aliphatic heterocycles. The summed E-state index contributed by atoms with van der Waals surface area (Å²) in [6.07, 6.45) is 2.81. The molecule has 1 fully saturated rings. The van der Waals surface area contributed by atoms with E-state index in [0.717, 1.165) is 11.1 Å². The average molecular weight is 399 g/mol. The molecule has 146 valence electrons. The minimum Gasteiger partial charge on any atom is -0.296 e. The van der Waals surface area contributed by atoms with Gasteiger partial charge in [-0.2, -0.15) is 9.82 Å². The first-order valence-electron chi connectivity index (χ1n) is 9.04. The molecule has 0 bridgehead atoms. The maximum absolute atomic E-state index is 13.0. The molecule has 1 aliphatic rings. The largest absolute Gasteiger partial charge is 0.296 e. The average Bonchev–Trinajstić information content (AvgIpc) is 3.01. The van der Waals surface area contributed by atoms with E-state index in [1.54, 1.807) is 47.1 Å². The maximum atomic E-state index is 13.0. The Morgan fingerprint density at radius 2 is 2.04 bits per heavy atom. The lowest BCUT2D eigenvalue weighted by molar-refractivity contribution is -0.121. The van der Waals surface area contributed by atoms with Gasteiger partial charge in [0.2, 0.25) is 15.9 Å². The van der Waals surface area contributed by atoms with Crippen LogP contribution in [-0.4, -0.2) is 41.7 Å². The van der Waals surface area contributed by atoms with Gasteiger partial charge in [-0.25, -0.2) is 8.42 Å². The number of piperidine rings is 1. The van der Waals surface area contributed by atoms with Crippen molar-refractivity contribution in [2.75, 3.05) is 11.4 Å². The Hall–Kier alpha value is -2.78. The number of pyridine rings is 1. The zero-order valence-corrected chi connectivity index (χ0v) is 16.5. The molecule has 0 aliphatic carbocycles. The lowest BCUT2D eigenvalue weighted by atomic mass is 10.1. The van der Waals surface area contributed by atoms with Gasteiger partial charge in [-0.1, -0.05) is 6.07 Å². The summed E-state index contributed by atoms with van der Waals surface area (Å²) < 4.78 is 30.0. The quantitative estimate of drug-likeness (QED) is 0.721. The number of fused-ring (bicyclic) bond motifs is 1. The van der Waals surface area contributed by atoms with Crippen molar-refractivity contribution in [2.24, 2.45) is 7.05 Å². The number of carbonyl (C=O) groups excluding carboxylic acids is 1. The summed E-state index contributed by atoms with van der Waals surface area (Å²) >= 11 is 0. The van der Waals surface area contributed by atoms with Crippen LogP contribution in [0.5, 0.6) is 0 Å². The van der Waals surface area contributed by atoms with Crippen LogP contribution >= 0.6 is 0 Å². The van der Waals surface area contributed by atoms with Gasteiger partial charge in [0.25, 0.3) is 0 Å². The number of rotatable bonds is 4. The molecule has 8 nitrogen and oxygen atoms in total. The summed E-state index contributed by atoms with van der Waals surface area (Å²) in [7, 11) is -2.07. The maximum Gasteiger partial charge on any atom is 0.246 e. The van der Waals surface area contributed by atoms with Crippen LogP contribution in [0, 0.1) is 6.92 Å². The normalized spacial score (nSPS) is 18.0. The van der Waals surface area contributed by atoms with Crippen LogP contribution in [-0.2, 0) is 21.9 Å². The fraction of sp³-hybridized carbons (Fsp3) is 0.316. The van der Waals surface area contributed by atoms with Crippen LogP contribution in [0.25, 0.3) is 10.9 Å². The number of carbonyl (C=O) groups is 1. The first-order chi connectivity index (χ1) is 13.3. The molecule has 1 aromatic carbocycles. The molecule has 1 atom stereocenters. The number of amides is 1. The van der Waals surface area contributed by atoms with Crippen molar-refractivity contribution >= 4 is 32.7 Å². The highest BCUT2D eigenvalue weighted by Gasteiger charge is 2.34. The molecular weight excluding hydrogens is 378 g/mol. The Kier molecular flexibility index (Phi) is 4.64. The predicted molar refractivity (Wildman–Crippen MR) is 105 cm³/mol. The predicted octanol–water partition coefficient (Wildman–Crippen LogP) is 1.75. The topological polar surface area (TPSA) is 97.2 Å². The van der Waals surface area contributed by atoms with E-state index >= 15 is 0 Å². The number of benzene rings is 1. The van der Waals surface area contributed by atoms with Crippen molar-refractivity contribution in [1.82, 2.24) is 19.5 Å². The van der Waals surface area contributed by atoms with Crippen molar-refractivity contribution < 1.29 is 13.2 Å². The van der Waals surface area contributed by atoms with Crippen molar-refractivity contribution in [2.45, 2.75) is 30.7 Å². The van der Waals surface area contributed by atoms with E-state index in [2.05, 4.69) is 14.8 Å². The standard InChI is InChI=1S/C19H21N5O3S/c1-13-11-18(23(2)21-13)24-10-4-6-17(19(24)25)22-28(26,27)15-7-8-16-14(12-15)5-3-9-20-16/h3,5,7-9,11-12,17,22H,4,6,10H2,1-2H3. The number of nitrogens with one attached hydrogen (secondary N) is 1. The molecule has 1 N–H and O–H groups in total. The van der Waals surface area contributed by atoms with Gasteiger partial charge in [0.1, 0.15) is 11.9 Å². The molecule has 2 aromatic heterocycles. The van der Waals surface area contributed by atoms with Gasteiger partial charge in [0.05, 0.1) is 16.1 Å². The van der Waals surface area contributed by atoms with Crippen molar-refractivity contribution in [3.8, 4) is 0 Å².